The molecule has 6 heteroatoms. The second kappa shape index (κ2) is 3.98. The van der Waals surface area contributed by atoms with Crippen LogP contribution in [0.25, 0.3) is 5.65 Å². The van der Waals surface area contributed by atoms with Crippen molar-refractivity contribution in [2.75, 3.05) is 6.61 Å². The van der Waals surface area contributed by atoms with Crippen molar-refractivity contribution < 1.29 is 9.53 Å². The van der Waals surface area contributed by atoms with E-state index >= 15 is 0 Å². The number of esters is 1. The van der Waals surface area contributed by atoms with Gasteiger partial charge in [-0.3, -0.25) is 0 Å². The van der Waals surface area contributed by atoms with Gasteiger partial charge in [0.25, 0.3) is 0 Å². The summed E-state index contributed by atoms with van der Waals surface area (Å²) >= 11 is 0. The van der Waals surface area contributed by atoms with E-state index in [1.165, 1.54) is 22.8 Å². The Morgan fingerprint density at radius 3 is 3.19 bits per heavy atom. The van der Waals surface area contributed by atoms with Crippen LogP contribution in [-0.2, 0) is 4.74 Å². The molecule has 80 valence electrons. The van der Waals surface area contributed by atoms with Gasteiger partial charge in [0.1, 0.15) is 6.07 Å². The van der Waals surface area contributed by atoms with Gasteiger partial charge in [-0.1, -0.05) is 0 Å². The van der Waals surface area contributed by atoms with Crippen LogP contribution in [0.4, 0.5) is 0 Å². The van der Waals surface area contributed by atoms with Gasteiger partial charge in [0, 0.05) is 12.3 Å². The third kappa shape index (κ3) is 1.59. The predicted molar refractivity (Wildman–Crippen MR) is 53.7 cm³/mol. The Balaban J connectivity index is 2.57. The first-order valence-corrected chi connectivity index (χ1v) is 4.68. The third-order valence-corrected chi connectivity index (χ3v) is 1.96. The minimum absolute atomic E-state index is 0.212. The molecule has 0 N–H and O–H groups in total. The molecule has 2 aromatic rings. The van der Waals surface area contributed by atoms with Gasteiger partial charge in [-0.25, -0.2) is 14.3 Å². The summed E-state index contributed by atoms with van der Waals surface area (Å²) in [6.45, 7) is 2.01. The van der Waals surface area contributed by atoms with Gasteiger partial charge in [-0.05, 0) is 13.0 Å². The highest BCUT2D eigenvalue weighted by Gasteiger charge is 2.13. The first kappa shape index (κ1) is 10.1. The summed E-state index contributed by atoms with van der Waals surface area (Å²) in [6, 6.07) is 4.89. The average molecular weight is 216 g/mol. The summed E-state index contributed by atoms with van der Waals surface area (Å²) < 4.78 is 6.17. The van der Waals surface area contributed by atoms with E-state index in [0.717, 1.165) is 0 Å². The van der Waals surface area contributed by atoms with Crippen molar-refractivity contribution in [3.05, 3.63) is 29.7 Å². The Kier molecular flexibility index (Phi) is 2.52. The molecule has 0 aliphatic rings. The molecule has 6 nitrogen and oxygen atoms in total. The number of hydrogen-bond acceptors (Lipinski definition) is 5. The van der Waals surface area contributed by atoms with Crippen molar-refractivity contribution in [2.24, 2.45) is 0 Å². The summed E-state index contributed by atoms with van der Waals surface area (Å²) in [5.74, 6) is -0.484. The number of ether oxygens (including phenoxy) is 1. The minimum Gasteiger partial charge on any atom is -0.461 e. The molecule has 2 aromatic heterocycles. The lowest BCUT2D eigenvalue weighted by Gasteiger charge is -2.02. The van der Waals surface area contributed by atoms with Crippen LogP contribution in [0.3, 0.4) is 0 Å². The minimum atomic E-state index is -0.484. The van der Waals surface area contributed by atoms with Crippen LogP contribution in [0.2, 0.25) is 0 Å². The molecule has 2 rings (SSSR count). The largest absolute Gasteiger partial charge is 0.461 e. The van der Waals surface area contributed by atoms with E-state index in [9.17, 15) is 4.79 Å². The van der Waals surface area contributed by atoms with Gasteiger partial charge in [-0.15, -0.1) is 0 Å². The number of fused-ring (bicyclic) bond motifs is 1. The third-order valence-electron chi connectivity index (χ3n) is 1.96. The summed E-state index contributed by atoms with van der Waals surface area (Å²) in [7, 11) is 0. The number of hydrogen-bond donors (Lipinski definition) is 0. The van der Waals surface area contributed by atoms with Gasteiger partial charge >= 0.3 is 5.97 Å². The lowest BCUT2D eigenvalue weighted by Crippen LogP contribution is -2.11. The smallest absolute Gasteiger partial charge is 0.357 e. The number of aromatic nitrogens is 3. The number of nitriles is 1. The highest BCUT2D eigenvalue weighted by molar-refractivity contribution is 5.88. The van der Waals surface area contributed by atoms with Crippen molar-refractivity contribution in [1.29, 1.82) is 5.26 Å². The van der Waals surface area contributed by atoms with Crippen molar-refractivity contribution >= 4 is 11.6 Å². The standard InChI is InChI=1S/C10H8N4O2/c1-2-16-10(15)8-3-4-12-9-5-7(6-11)13-14(8)9/h3-5H,2H2,1H3. The lowest BCUT2D eigenvalue weighted by molar-refractivity contribution is 0.0516. The highest BCUT2D eigenvalue weighted by Crippen LogP contribution is 2.07. The Morgan fingerprint density at radius 2 is 2.50 bits per heavy atom. The molecule has 0 saturated carbocycles. The topological polar surface area (TPSA) is 80.3 Å². The van der Waals surface area contributed by atoms with E-state index in [1.807, 2.05) is 6.07 Å². The Labute approximate surface area is 91.1 Å². The van der Waals surface area contributed by atoms with E-state index in [2.05, 4.69) is 10.1 Å². The van der Waals surface area contributed by atoms with Crippen LogP contribution in [0, 0.1) is 11.3 Å². The zero-order valence-corrected chi connectivity index (χ0v) is 8.54. The van der Waals surface area contributed by atoms with Crippen LogP contribution in [0.1, 0.15) is 23.1 Å². The molecule has 0 bridgehead atoms. The van der Waals surface area contributed by atoms with E-state index in [0.29, 0.717) is 5.65 Å². The molecule has 0 radical (unpaired) electrons. The molecule has 16 heavy (non-hydrogen) atoms. The summed E-state index contributed by atoms with van der Waals surface area (Å²) in [6.07, 6.45) is 1.48. The molecule has 0 saturated heterocycles. The van der Waals surface area contributed by atoms with Crippen LogP contribution in [-0.4, -0.2) is 27.2 Å². The van der Waals surface area contributed by atoms with Gasteiger partial charge < -0.3 is 4.74 Å². The molecule has 0 atom stereocenters. The maximum atomic E-state index is 11.6. The number of carbonyl (C=O) groups is 1. The maximum Gasteiger partial charge on any atom is 0.357 e. The van der Waals surface area contributed by atoms with Crippen LogP contribution in [0.5, 0.6) is 0 Å². The zero-order valence-electron chi connectivity index (χ0n) is 8.54. The van der Waals surface area contributed by atoms with Crippen molar-refractivity contribution in [3.8, 4) is 6.07 Å². The Bertz CT molecular complexity index is 582. The lowest BCUT2D eigenvalue weighted by atomic mass is 10.4. The zero-order chi connectivity index (χ0) is 11.5. The normalized spacial score (nSPS) is 10.0. The monoisotopic (exact) mass is 216 g/mol. The quantitative estimate of drug-likeness (QED) is 0.693. The van der Waals surface area contributed by atoms with Crippen molar-refractivity contribution in [3.63, 3.8) is 0 Å². The number of carbonyl (C=O) groups excluding carboxylic acids is 1. The summed E-state index contributed by atoms with van der Waals surface area (Å²) in [4.78, 5) is 15.6. The van der Waals surface area contributed by atoms with E-state index < -0.39 is 5.97 Å². The molecular formula is C10H8N4O2. The summed E-state index contributed by atoms with van der Waals surface area (Å²) in [5, 5.41) is 12.6. The fourth-order valence-electron chi connectivity index (χ4n) is 1.31. The molecule has 0 fully saturated rings. The molecular weight excluding hydrogens is 208 g/mol. The molecule has 0 amide bonds. The molecule has 0 spiro atoms. The fourth-order valence-corrected chi connectivity index (χ4v) is 1.31. The second-order valence-electron chi connectivity index (χ2n) is 2.96. The molecule has 2 heterocycles. The van der Waals surface area contributed by atoms with E-state index in [4.69, 9.17) is 10.00 Å². The molecule has 0 unspecified atom stereocenters. The predicted octanol–water partition coefficient (Wildman–Crippen LogP) is 0.778. The van der Waals surface area contributed by atoms with Crippen LogP contribution in [0.15, 0.2) is 18.3 Å². The maximum absolute atomic E-state index is 11.6. The number of rotatable bonds is 2. The Hall–Kier alpha value is -2.42. The molecule has 0 aliphatic carbocycles. The first-order chi connectivity index (χ1) is 7.76. The molecule has 0 aliphatic heterocycles. The van der Waals surface area contributed by atoms with Gasteiger partial charge in [0.05, 0.1) is 6.61 Å². The van der Waals surface area contributed by atoms with E-state index in [1.54, 1.807) is 6.92 Å². The van der Waals surface area contributed by atoms with Crippen molar-refractivity contribution in [1.82, 2.24) is 14.6 Å². The SMILES string of the molecule is CCOC(=O)c1ccnc2cc(C#N)nn12. The summed E-state index contributed by atoms with van der Waals surface area (Å²) in [5.41, 5.74) is 0.916. The highest BCUT2D eigenvalue weighted by atomic mass is 16.5. The average Bonchev–Trinajstić information content (AvgIpc) is 2.71. The second-order valence-corrected chi connectivity index (χ2v) is 2.96. The van der Waals surface area contributed by atoms with Gasteiger partial charge in [0.15, 0.2) is 17.0 Å². The van der Waals surface area contributed by atoms with Crippen LogP contribution < -0.4 is 0 Å². The fraction of sp³-hybridized carbons (Fsp3) is 0.200. The van der Waals surface area contributed by atoms with Crippen molar-refractivity contribution in [2.45, 2.75) is 6.92 Å². The Morgan fingerprint density at radius 1 is 1.69 bits per heavy atom. The molecule has 0 aromatic carbocycles. The van der Waals surface area contributed by atoms with E-state index in [-0.39, 0.29) is 18.0 Å². The van der Waals surface area contributed by atoms with Crippen LogP contribution >= 0.6 is 0 Å². The first-order valence-electron chi connectivity index (χ1n) is 4.68. The van der Waals surface area contributed by atoms with Gasteiger partial charge in [-0.2, -0.15) is 10.4 Å². The number of nitrogens with zero attached hydrogens (tertiary/aromatic N) is 4. The van der Waals surface area contributed by atoms with Gasteiger partial charge in [0.2, 0.25) is 0 Å².